The SMILES string of the molecule is O=C(/C=C/c1ccccc1)O[C@H]1[C@@H]2C=CO[C@@H](O[C@H]3O[C@@H](CO)[C@H](O)[C@@H](O)[C@@H]3O)[C@@H]2[C@]2(CO)O[C@H]12. The van der Waals surface area contributed by atoms with Gasteiger partial charge in [-0.25, -0.2) is 4.79 Å². The van der Waals surface area contributed by atoms with Crippen LogP contribution in [0.4, 0.5) is 0 Å². The van der Waals surface area contributed by atoms with Gasteiger partial charge in [-0.2, -0.15) is 0 Å². The molecule has 0 spiro atoms. The highest BCUT2D eigenvalue weighted by Gasteiger charge is 2.77. The van der Waals surface area contributed by atoms with E-state index in [1.165, 1.54) is 12.3 Å². The van der Waals surface area contributed by atoms with Crippen molar-refractivity contribution in [1.82, 2.24) is 0 Å². The molecule has 3 heterocycles. The number of fused-ring (bicyclic) bond motifs is 3. The third kappa shape index (κ3) is 4.28. The van der Waals surface area contributed by atoms with E-state index >= 15 is 0 Å². The zero-order chi connectivity index (χ0) is 24.7. The average molecular weight is 492 g/mol. The highest BCUT2D eigenvalue weighted by atomic mass is 16.8. The van der Waals surface area contributed by atoms with Gasteiger partial charge in [0.1, 0.15) is 42.2 Å². The Hall–Kier alpha value is -2.35. The molecule has 190 valence electrons. The van der Waals surface area contributed by atoms with Crippen LogP contribution < -0.4 is 0 Å². The van der Waals surface area contributed by atoms with Crippen molar-refractivity contribution < 1.29 is 54.0 Å². The molecule has 1 aromatic carbocycles. The molecule has 3 aliphatic heterocycles. The minimum atomic E-state index is -1.63. The second-order valence-corrected chi connectivity index (χ2v) is 9.07. The van der Waals surface area contributed by atoms with Crippen molar-refractivity contribution in [3.63, 3.8) is 0 Å². The number of hydrogen-bond acceptors (Lipinski definition) is 11. The van der Waals surface area contributed by atoms with Crippen molar-refractivity contribution in [3.05, 3.63) is 54.3 Å². The number of ether oxygens (including phenoxy) is 5. The van der Waals surface area contributed by atoms with Gasteiger partial charge in [0.2, 0.25) is 6.29 Å². The van der Waals surface area contributed by atoms with Crippen molar-refractivity contribution in [2.24, 2.45) is 11.8 Å². The number of epoxide rings is 1. The van der Waals surface area contributed by atoms with Gasteiger partial charge in [0.05, 0.1) is 25.4 Å². The molecule has 0 bridgehead atoms. The third-order valence-corrected chi connectivity index (χ3v) is 7.06. The van der Waals surface area contributed by atoms with E-state index in [0.29, 0.717) is 0 Å². The van der Waals surface area contributed by atoms with Gasteiger partial charge in [0.25, 0.3) is 0 Å². The predicted octanol–water partition coefficient (Wildman–Crippen LogP) is -1.33. The van der Waals surface area contributed by atoms with Crippen molar-refractivity contribution in [1.29, 1.82) is 0 Å². The smallest absolute Gasteiger partial charge is 0.331 e. The topological polar surface area (TPSA) is 168 Å². The lowest BCUT2D eigenvalue weighted by Crippen LogP contribution is -2.60. The summed E-state index contributed by atoms with van der Waals surface area (Å²) in [6.45, 7) is -0.999. The first-order valence-corrected chi connectivity index (χ1v) is 11.4. The van der Waals surface area contributed by atoms with Gasteiger partial charge in [0, 0.05) is 12.0 Å². The van der Waals surface area contributed by atoms with Gasteiger partial charge < -0.3 is 49.2 Å². The van der Waals surface area contributed by atoms with Crippen LogP contribution in [0.15, 0.2) is 48.7 Å². The lowest BCUT2D eigenvalue weighted by molar-refractivity contribution is -0.344. The summed E-state index contributed by atoms with van der Waals surface area (Å²) in [6.07, 6.45) is -3.78. The molecule has 3 fully saturated rings. The molecular weight excluding hydrogens is 464 g/mol. The summed E-state index contributed by atoms with van der Waals surface area (Å²) in [5.74, 6) is -1.64. The van der Waals surface area contributed by atoms with E-state index < -0.39 is 85.8 Å². The number of hydrogen-bond donors (Lipinski definition) is 5. The van der Waals surface area contributed by atoms with Gasteiger partial charge in [-0.3, -0.25) is 0 Å². The van der Waals surface area contributed by atoms with Crippen LogP contribution in [0.1, 0.15) is 5.56 Å². The van der Waals surface area contributed by atoms with Crippen molar-refractivity contribution in [2.45, 2.75) is 54.8 Å². The van der Waals surface area contributed by atoms with Gasteiger partial charge in [-0.05, 0) is 17.7 Å². The molecule has 1 saturated carbocycles. The Labute approximate surface area is 200 Å². The van der Waals surface area contributed by atoms with Gasteiger partial charge in [-0.15, -0.1) is 0 Å². The monoisotopic (exact) mass is 492 g/mol. The second-order valence-electron chi connectivity index (χ2n) is 9.07. The summed E-state index contributed by atoms with van der Waals surface area (Å²) in [5.41, 5.74) is -0.262. The van der Waals surface area contributed by atoms with Crippen molar-refractivity contribution >= 4 is 12.0 Å². The molecule has 0 unspecified atom stereocenters. The highest BCUT2D eigenvalue weighted by molar-refractivity contribution is 5.87. The van der Waals surface area contributed by atoms with Crippen LogP contribution in [0.5, 0.6) is 0 Å². The zero-order valence-electron chi connectivity index (χ0n) is 18.6. The lowest BCUT2D eigenvalue weighted by atomic mass is 9.85. The summed E-state index contributed by atoms with van der Waals surface area (Å²) < 4.78 is 28.3. The fraction of sp³-hybridized carbons (Fsp3) is 0.542. The zero-order valence-corrected chi connectivity index (χ0v) is 18.6. The number of esters is 1. The fourth-order valence-electron chi connectivity index (χ4n) is 5.19. The standard InChI is InChI=1S/C24H28O11/c25-10-14-17(28)18(29)19(30)23(32-14)34-22-16-13(8-9-31-22)20(21-24(16,11-26)35-21)33-15(27)7-6-12-4-2-1-3-5-12/h1-9,13-14,16-23,25-26,28-30H,10-11H2/b7-6+/t13-,14+,16-,17+,18-,19+,20+,21-,22+,23-,24+/m1/s1. The quantitative estimate of drug-likeness (QED) is 0.174. The molecule has 35 heavy (non-hydrogen) atoms. The van der Waals surface area contributed by atoms with Crippen LogP contribution in [0.2, 0.25) is 0 Å². The highest BCUT2D eigenvalue weighted by Crippen LogP contribution is 2.60. The average Bonchev–Trinajstić information content (AvgIpc) is 3.56. The van der Waals surface area contributed by atoms with Crippen LogP contribution in [0, 0.1) is 11.8 Å². The first-order chi connectivity index (χ1) is 16.9. The minimum Gasteiger partial charge on any atom is -0.472 e. The Morgan fingerprint density at radius 2 is 1.83 bits per heavy atom. The Morgan fingerprint density at radius 3 is 2.54 bits per heavy atom. The molecule has 11 nitrogen and oxygen atoms in total. The number of benzene rings is 1. The summed E-state index contributed by atoms with van der Waals surface area (Å²) in [6, 6.07) is 9.26. The molecule has 0 aromatic heterocycles. The van der Waals surface area contributed by atoms with Crippen LogP contribution >= 0.6 is 0 Å². The Morgan fingerprint density at radius 1 is 1.06 bits per heavy atom. The first-order valence-electron chi connectivity index (χ1n) is 11.4. The molecule has 0 amide bonds. The van der Waals surface area contributed by atoms with Crippen LogP contribution in [-0.2, 0) is 28.5 Å². The van der Waals surface area contributed by atoms with Crippen LogP contribution in [0.25, 0.3) is 6.08 Å². The Balaban J connectivity index is 1.31. The Kier molecular flexibility index (Phi) is 6.68. The number of carbonyl (C=O) groups excluding carboxylic acids is 1. The van der Waals surface area contributed by atoms with Crippen LogP contribution in [0.3, 0.4) is 0 Å². The third-order valence-electron chi connectivity index (χ3n) is 7.06. The second kappa shape index (κ2) is 9.60. The molecular formula is C24H28O11. The number of aliphatic hydroxyl groups excluding tert-OH is 5. The number of rotatable bonds is 7. The van der Waals surface area contributed by atoms with Crippen LogP contribution in [-0.4, -0.2) is 99.5 Å². The van der Waals surface area contributed by atoms with Gasteiger partial charge in [-0.1, -0.05) is 30.3 Å². The predicted molar refractivity (Wildman–Crippen MR) is 116 cm³/mol. The van der Waals surface area contributed by atoms with E-state index in [2.05, 4.69) is 0 Å². The van der Waals surface area contributed by atoms with Crippen molar-refractivity contribution in [3.8, 4) is 0 Å². The molecule has 2 saturated heterocycles. The molecule has 1 aliphatic carbocycles. The first kappa shape index (κ1) is 24.3. The van der Waals surface area contributed by atoms with Gasteiger partial charge in [0.15, 0.2) is 6.29 Å². The summed E-state index contributed by atoms with van der Waals surface area (Å²) in [7, 11) is 0. The summed E-state index contributed by atoms with van der Waals surface area (Å²) >= 11 is 0. The van der Waals surface area contributed by atoms with E-state index in [9.17, 15) is 30.3 Å². The maximum Gasteiger partial charge on any atom is 0.331 e. The molecule has 4 aliphatic rings. The lowest BCUT2D eigenvalue weighted by Gasteiger charge is -2.43. The molecule has 1 aromatic rings. The number of aliphatic hydroxyl groups is 5. The summed E-state index contributed by atoms with van der Waals surface area (Å²) in [4.78, 5) is 12.5. The largest absolute Gasteiger partial charge is 0.472 e. The Bertz CT molecular complexity index is 965. The maximum absolute atomic E-state index is 12.5. The van der Waals surface area contributed by atoms with E-state index in [0.717, 1.165) is 5.56 Å². The molecule has 11 atom stereocenters. The fourth-order valence-corrected chi connectivity index (χ4v) is 5.19. The van der Waals surface area contributed by atoms with E-state index in [4.69, 9.17) is 23.7 Å². The van der Waals surface area contributed by atoms with Gasteiger partial charge >= 0.3 is 5.97 Å². The number of carbonyl (C=O) groups is 1. The van der Waals surface area contributed by atoms with Crippen molar-refractivity contribution in [2.75, 3.05) is 13.2 Å². The van der Waals surface area contributed by atoms with E-state index in [-0.39, 0.29) is 0 Å². The summed E-state index contributed by atoms with van der Waals surface area (Å²) in [5, 5.41) is 50.0. The molecule has 5 rings (SSSR count). The normalized spacial score (nSPS) is 43.9. The molecule has 5 N–H and O–H groups in total. The minimum absolute atomic E-state index is 0.390. The molecule has 0 radical (unpaired) electrons. The maximum atomic E-state index is 12.5. The molecule has 11 heteroatoms. The van der Waals surface area contributed by atoms with E-state index in [1.54, 1.807) is 12.2 Å². The van der Waals surface area contributed by atoms with E-state index in [1.807, 2.05) is 30.3 Å².